The molecule has 126 valence electrons. The summed E-state index contributed by atoms with van der Waals surface area (Å²) in [6.45, 7) is 1.60. The van der Waals surface area contributed by atoms with E-state index in [0.717, 1.165) is 31.0 Å². The quantitative estimate of drug-likeness (QED) is 0.901. The Morgan fingerprint density at radius 2 is 2.25 bits per heavy atom. The van der Waals surface area contributed by atoms with Crippen molar-refractivity contribution in [3.8, 4) is 0 Å². The van der Waals surface area contributed by atoms with Crippen molar-refractivity contribution in [3.63, 3.8) is 0 Å². The third-order valence-electron chi connectivity index (χ3n) is 4.74. The summed E-state index contributed by atoms with van der Waals surface area (Å²) in [5.74, 6) is 2.44. The molecule has 1 saturated carbocycles. The molecule has 1 atom stereocenters. The maximum absolute atomic E-state index is 12.2. The van der Waals surface area contributed by atoms with Crippen molar-refractivity contribution >= 4 is 11.7 Å². The van der Waals surface area contributed by atoms with Gasteiger partial charge in [0.05, 0.1) is 11.8 Å². The first-order chi connectivity index (χ1) is 11.7. The summed E-state index contributed by atoms with van der Waals surface area (Å²) in [6.07, 6.45) is 9.77. The molecular weight excluding hydrogens is 304 g/mol. The van der Waals surface area contributed by atoms with Crippen LogP contribution >= 0.6 is 0 Å². The lowest BCUT2D eigenvalue weighted by molar-refractivity contribution is 0.0951. The van der Waals surface area contributed by atoms with Gasteiger partial charge in [0.25, 0.3) is 5.91 Å². The molecule has 7 nitrogen and oxygen atoms in total. The van der Waals surface area contributed by atoms with Crippen LogP contribution in [0, 0.1) is 0 Å². The maximum Gasteiger partial charge on any atom is 0.254 e. The number of rotatable bonds is 5. The van der Waals surface area contributed by atoms with Gasteiger partial charge in [-0.25, -0.2) is 9.97 Å². The molecule has 0 unspecified atom stereocenters. The lowest BCUT2D eigenvalue weighted by Gasteiger charge is -2.26. The average Bonchev–Trinajstić information content (AvgIpc) is 3.19. The van der Waals surface area contributed by atoms with Gasteiger partial charge >= 0.3 is 0 Å². The Hall–Kier alpha value is -2.44. The summed E-state index contributed by atoms with van der Waals surface area (Å²) in [7, 11) is 1.81. The Balaban J connectivity index is 1.41. The number of carbonyl (C=O) groups excluding carboxylic acids is 1. The zero-order chi connectivity index (χ0) is 16.5. The van der Waals surface area contributed by atoms with Crippen molar-refractivity contribution in [2.24, 2.45) is 7.05 Å². The monoisotopic (exact) mass is 326 g/mol. The minimum Gasteiger partial charge on any atom is -0.352 e. The molecule has 2 aromatic heterocycles. The molecule has 3 heterocycles. The summed E-state index contributed by atoms with van der Waals surface area (Å²) in [4.78, 5) is 23.6. The molecule has 0 bridgehead atoms. The normalized spacial score (nSPS) is 20.4. The minimum absolute atomic E-state index is 0.0729. The summed E-state index contributed by atoms with van der Waals surface area (Å²) >= 11 is 0. The Kier molecular flexibility index (Phi) is 3.92. The Morgan fingerprint density at radius 3 is 3.00 bits per heavy atom. The first kappa shape index (κ1) is 15.1. The van der Waals surface area contributed by atoms with Crippen molar-refractivity contribution in [2.45, 2.75) is 37.6 Å². The molecule has 24 heavy (non-hydrogen) atoms. The molecule has 1 aliphatic heterocycles. The Bertz CT molecular complexity index is 738. The van der Waals surface area contributed by atoms with Crippen LogP contribution in [0.2, 0.25) is 0 Å². The zero-order valence-corrected chi connectivity index (χ0v) is 13.9. The standard InChI is InChI=1S/C17H22N6O/c1-22-11-13(9-20-22)17(24)19-10-14-3-2-8-23(14)15-6-7-18-16(21-15)12-4-5-12/h6-7,9,11-12,14H,2-5,8,10H2,1H3,(H,19,24)/t14-/m0/s1. The van der Waals surface area contributed by atoms with Crippen LogP contribution in [-0.4, -0.2) is 44.8 Å². The van der Waals surface area contributed by atoms with E-state index >= 15 is 0 Å². The SMILES string of the molecule is Cn1cc(C(=O)NC[C@@H]2CCCN2c2ccnc(C3CC3)n2)cn1. The minimum atomic E-state index is -0.0729. The molecule has 2 aliphatic rings. The van der Waals surface area contributed by atoms with Gasteiger partial charge in [0.15, 0.2) is 0 Å². The summed E-state index contributed by atoms with van der Waals surface area (Å²) in [6, 6.07) is 2.26. The van der Waals surface area contributed by atoms with E-state index in [1.165, 1.54) is 12.8 Å². The van der Waals surface area contributed by atoms with Crippen LogP contribution in [0.25, 0.3) is 0 Å². The number of hydrogen-bond donors (Lipinski definition) is 1. The molecule has 7 heteroatoms. The fraction of sp³-hybridized carbons (Fsp3) is 0.529. The predicted octanol–water partition coefficient (Wildman–Crippen LogP) is 1.49. The van der Waals surface area contributed by atoms with Gasteiger partial charge in [-0.05, 0) is 31.7 Å². The van der Waals surface area contributed by atoms with Gasteiger partial charge in [-0.2, -0.15) is 5.10 Å². The van der Waals surface area contributed by atoms with Crippen LogP contribution in [0.5, 0.6) is 0 Å². The van der Waals surface area contributed by atoms with Gasteiger partial charge in [-0.15, -0.1) is 0 Å². The average molecular weight is 326 g/mol. The van der Waals surface area contributed by atoms with E-state index in [1.54, 1.807) is 17.1 Å². The molecule has 1 aliphatic carbocycles. The third-order valence-corrected chi connectivity index (χ3v) is 4.74. The zero-order valence-electron chi connectivity index (χ0n) is 13.9. The number of hydrogen-bond acceptors (Lipinski definition) is 5. The number of aromatic nitrogens is 4. The van der Waals surface area contributed by atoms with Gasteiger partial charge in [0, 0.05) is 44.5 Å². The molecular formula is C17H22N6O. The van der Waals surface area contributed by atoms with Crippen molar-refractivity contribution < 1.29 is 4.79 Å². The van der Waals surface area contributed by atoms with Crippen molar-refractivity contribution in [1.82, 2.24) is 25.1 Å². The van der Waals surface area contributed by atoms with E-state index in [-0.39, 0.29) is 11.9 Å². The van der Waals surface area contributed by atoms with Crippen molar-refractivity contribution in [3.05, 3.63) is 36.0 Å². The number of amides is 1. The molecule has 1 amide bonds. The number of aryl methyl sites for hydroxylation is 1. The smallest absolute Gasteiger partial charge is 0.254 e. The molecule has 2 aromatic rings. The fourth-order valence-corrected chi connectivity index (χ4v) is 3.26. The van der Waals surface area contributed by atoms with Gasteiger partial charge < -0.3 is 10.2 Å². The molecule has 1 saturated heterocycles. The lowest BCUT2D eigenvalue weighted by Crippen LogP contribution is -2.40. The van der Waals surface area contributed by atoms with Crippen molar-refractivity contribution in [2.75, 3.05) is 18.0 Å². The first-order valence-corrected chi connectivity index (χ1v) is 8.57. The number of nitrogens with zero attached hydrogens (tertiary/aromatic N) is 5. The van der Waals surface area contributed by atoms with E-state index in [0.29, 0.717) is 18.0 Å². The molecule has 4 rings (SSSR count). The first-order valence-electron chi connectivity index (χ1n) is 8.57. The van der Waals surface area contributed by atoms with Crippen LogP contribution in [0.1, 0.15) is 47.8 Å². The van der Waals surface area contributed by atoms with Crippen LogP contribution in [0.3, 0.4) is 0 Å². The van der Waals surface area contributed by atoms with Gasteiger partial charge in [-0.1, -0.05) is 0 Å². The maximum atomic E-state index is 12.2. The molecule has 2 fully saturated rings. The molecule has 0 radical (unpaired) electrons. The summed E-state index contributed by atoms with van der Waals surface area (Å²) in [5, 5.41) is 7.07. The fourth-order valence-electron chi connectivity index (χ4n) is 3.26. The van der Waals surface area contributed by atoms with Crippen molar-refractivity contribution in [1.29, 1.82) is 0 Å². The largest absolute Gasteiger partial charge is 0.352 e. The van der Waals surface area contributed by atoms with Crippen LogP contribution in [0.4, 0.5) is 5.82 Å². The Morgan fingerprint density at radius 1 is 1.38 bits per heavy atom. The second-order valence-electron chi connectivity index (χ2n) is 6.65. The van der Waals surface area contributed by atoms with Gasteiger partial charge in [0.1, 0.15) is 11.6 Å². The highest BCUT2D eigenvalue weighted by molar-refractivity contribution is 5.93. The van der Waals surface area contributed by atoms with Crippen LogP contribution < -0.4 is 10.2 Å². The van der Waals surface area contributed by atoms with Gasteiger partial charge in [-0.3, -0.25) is 9.48 Å². The topological polar surface area (TPSA) is 75.9 Å². The van der Waals surface area contributed by atoms with E-state index in [2.05, 4.69) is 20.3 Å². The van der Waals surface area contributed by atoms with Crippen LogP contribution in [-0.2, 0) is 7.05 Å². The summed E-state index contributed by atoms with van der Waals surface area (Å²) in [5.41, 5.74) is 0.597. The second kappa shape index (κ2) is 6.22. The molecule has 1 N–H and O–H groups in total. The highest BCUT2D eigenvalue weighted by Crippen LogP contribution is 2.38. The number of nitrogens with one attached hydrogen (secondary N) is 1. The predicted molar refractivity (Wildman–Crippen MR) is 89.9 cm³/mol. The Labute approximate surface area is 141 Å². The molecule has 0 aromatic carbocycles. The second-order valence-corrected chi connectivity index (χ2v) is 6.65. The van der Waals surface area contributed by atoms with E-state index in [9.17, 15) is 4.79 Å². The molecule has 0 spiro atoms. The van der Waals surface area contributed by atoms with E-state index < -0.39 is 0 Å². The number of carbonyl (C=O) groups is 1. The van der Waals surface area contributed by atoms with E-state index in [4.69, 9.17) is 4.98 Å². The lowest BCUT2D eigenvalue weighted by atomic mass is 10.2. The highest BCUT2D eigenvalue weighted by atomic mass is 16.1. The highest BCUT2D eigenvalue weighted by Gasteiger charge is 2.30. The van der Waals surface area contributed by atoms with Crippen LogP contribution in [0.15, 0.2) is 24.7 Å². The third kappa shape index (κ3) is 3.11. The van der Waals surface area contributed by atoms with E-state index in [1.807, 2.05) is 19.3 Å². The van der Waals surface area contributed by atoms with Gasteiger partial charge in [0.2, 0.25) is 0 Å². The summed E-state index contributed by atoms with van der Waals surface area (Å²) < 4.78 is 1.64. The number of anilines is 1.